The molecule has 0 aliphatic heterocycles. The Bertz CT molecular complexity index is 1250. The number of rotatable bonds is 3. The van der Waals surface area contributed by atoms with Gasteiger partial charge in [0.25, 0.3) is 5.78 Å². The van der Waals surface area contributed by atoms with Gasteiger partial charge in [0.15, 0.2) is 0 Å². The van der Waals surface area contributed by atoms with Crippen LogP contribution < -0.4 is 4.90 Å². The first-order valence-electron chi connectivity index (χ1n) is 8.64. The van der Waals surface area contributed by atoms with Crippen molar-refractivity contribution in [2.45, 2.75) is 0 Å². The summed E-state index contributed by atoms with van der Waals surface area (Å²) in [5.41, 5.74) is 4.26. The maximum absolute atomic E-state index is 4.75. The van der Waals surface area contributed by atoms with Gasteiger partial charge in [-0.2, -0.15) is 4.98 Å². The summed E-state index contributed by atoms with van der Waals surface area (Å²) in [7, 11) is 2.02. The van der Waals surface area contributed by atoms with Crippen molar-refractivity contribution in [3.63, 3.8) is 0 Å². The molecule has 27 heavy (non-hydrogen) atoms. The van der Waals surface area contributed by atoms with Gasteiger partial charge in [0.05, 0.1) is 5.52 Å². The van der Waals surface area contributed by atoms with Crippen LogP contribution in [0.2, 0.25) is 0 Å². The summed E-state index contributed by atoms with van der Waals surface area (Å²) in [5, 5.41) is 9.18. The van der Waals surface area contributed by atoms with Gasteiger partial charge in [-0.15, -0.1) is 10.2 Å². The lowest BCUT2D eigenvalue weighted by Gasteiger charge is -2.21. The molecule has 2 aromatic carbocycles. The van der Waals surface area contributed by atoms with E-state index in [0.29, 0.717) is 5.78 Å². The summed E-state index contributed by atoms with van der Waals surface area (Å²) >= 11 is 0. The Morgan fingerprint density at radius 3 is 2.70 bits per heavy atom. The number of nitrogens with zero attached hydrogens (tertiary/aromatic N) is 6. The topological polar surface area (TPSA) is 59.2 Å². The fraction of sp³-hybridized carbons (Fsp3) is 0.0476. The van der Waals surface area contributed by atoms with Crippen LogP contribution in [0.25, 0.3) is 27.8 Å². The minimum Gasteiger partial charge on any atom is -0.329 e. The molecule has 0 aliphatic carbocycles. The number of hydrogen-bond donors (Lipinski definition) is 0. The van der Waals surface area contributed by atoms with Gasteiger partial charge in [0.2, 0.25) is 0 Å². The molecule has 0 spiro atoms. The third kappa shape index (κ3) is 2.58. The smallest absolute Gasteiger partial charge is 0.257 e. The zero-order chi connectivity index (χ0) is 18.2. The van der Waals surface area contributed by atoms with Gasteiger partial charge < -0.3 is 4.90 Å². The van der Waals surface area contributed by atoms with Crippen molar-refractivity contribution < 1.29 is 0 Å². The number of hydrogen-bond acceptors (Lipinski definition) is 5. The van der Waals surface area contributed by atoms with Gasteiger partial charge in [0, 0.05) is 36.1 Å². The van der Waals surface area contributed by atoms with E-state index in [-0.39, 0.29) is 0 Å². The molecule has 3 heterocycles. The van der Waals surface area contributed by atoms with Crippen LogP contribution in [0.3, 0.4) is 0 Å². The van der Waals surface area contributed by atoms with Crippen LogP contribution in [-0.2, 0) is 0 Å². The van der Waals surface area contributed by atoms with Crippen LogP contribution in [-0.4, -0.2) is 31.6 Å². The number of para-hydroxylation sites is 1. The Balaban J connectivity index is 1.67. The highest BCUT2D eigenvalue weighted by Gasteiger charge is 2.14. The van der Waals surface area contributed by atoms with Crippen molar-refractivity contribution in [1.82, 2.24) is 24.6 Å². The van der Waals surface area contributed by atoms with Crippen LogP contribution in [0.5, 0.6) is 0 Å². The second kappa shape index (κ2) is 6.17. The third-order valence-corrected chi connectivity index (χ3v) is 4.69. The molecule has 0 amide bonds. The molecule has 6 nitrogen and oxygen atoms in total. The highest BCUT2D eigenvalue weighted by Crippen LogP contribution is 2.31. The van der Waals surface area contributed by atoms with E-state index in [1.165, 1.54) is 0 Å². The Kier molecular flexibility index (Phi) is 3.53. The van der Waals surface area contributed by atoms with E-state index in [2.05, 4.69) is 56.5 Å². The van der Waals surface area contributed by atoms with Crippen molar-refractivity contribution in [3.8, 4) is 11.1 Å². The largest absolute Gasteiger partial charge is 0.329 e. The zero-order valence-electron chi connectivity index (χ0n) is 14.7. The summed E-state index contributed by atoms with van der Waals surface area (Å²) in [5.74, 6) is 1.42. The van der Waals surface area contributed by atoms with Crippen molar-refractivity contribution >= 4 is 28.2 Å². The molecule has 0 saturated carbocycles. The monoisotopic (exact) mass is 352 g/mol. The van der Waals surface area contributed by atoms with Gasteiger partial charge in [-0.25, -0.2) is 0 Å². The highest BCUT2D eigenvalue weighted by atomic mass is 15.3. The maximum Gasteiger partial charge on any atom is 0.257 e. The van der Waals surface area contributed by atoms with E-state index >= 15 is 0 Å². The first kappa shape index (κ1) is 15.5. The lowest BCUT2D eigenvalue weighted by molar-refractivity contribution is 1.08. The number of pyridine rings is 1. The first-order valence-corrected chi connectivity index (χ1v) is 8.64. The standard InChI is InChI=1S/C21H16N6/c1-26(17-8-4-6-15(12-17)16-7-5-11-22-13-16)20-18-9-2-3-10-19(18)27-14-23-25-21(27)24-20/h2-14H,1H3. The van der Waals surface area contributed by atoms with Crippen LogP contribution in [0.4, 0.5) is 11.5 Å². The molecule has 6 heteroatoms. The van der Waals surface area contributed by atoms with Crippen LogP contribution in [0.15, 0.2) is 79.4 Å². The Labute approximate surface area is 155 Å². The molecule has 0 saturated heterocycles. The van der Waals surface area contributed by atoms with Crippen molar-refractivity contribution in [2.24, 2.45) is 0 Å². The molecule has 5 rings (SSSR count). The van der Waals surface area contributed by atoms with E-state index in [0.717, 1.165) is 33.5 Å². The average Bonchev–Trinajstić information content (AvgIpc) is 3.22. The summed E-state index contributed by atoms with van der Waals surface area (Å²) < 4.78 is 1.90. The van der Waals surface area contributed by atoms with Gasteiger partial charge in [-0.1, -0.05) is 30.3 Å². The molecule has 0 N–H and O–H groups in total. The van der Waals surface area contributed by atoms with E-state index in [9.17, 15) is 0 Å². The number of benzene rings is 2. The molecule has 0 bridgehead atoms. The van der Waals surface area contributed by atoms with E-state index in [1.54, 1.807) is 12.5 Å². The summed E-state index contributed by atoms with van der Waals surface area (Å²) in [6, 6.07) is 20.5. The fourth-order valence-corrected chi connectivity index (χ4v) is 3.31. The quantitative estimate of drug-likeness (QED) is 0.489. The SMILES string of the molecule is CN(c1cccc(-c2cccnc2)c1)c1nc2nncn2c2ccccc12. The molecule has 0 fully saturated rings. The Morgan fingerprint density at radius 2 is 1.81 bits per heavy atom. The van der Waals surface area contributed by atoms with Gasteiger partial charge in [-0.05, 0) is 35.9 Å². The lowest BCUT2D eigenvalue weighted by Crippen LogP contribution is -2.13. The third-order valence-electron chi connectivity index (χ3n) is 4.69. The van der Waals surface area contributed by atoms with Crippen molar-refractivity contribution in [2.75, 3.05) is 11.9 Å². The van der Waals surface area contributed by atoms with Crippen LogP contribution in [0, 0.1) is 0 Å². The van der Waals surface area contributed by atoms with Gasteiger partial charge >= 0.3 is 0 Å². The minimum atomic E-state index is 0.582. The molecular formula is C21H16N6. The van der Waals surface area contributed by atoms with Crippen molar-refractivity contribution in [1.29, 1.82) is 0 Å². The molecule has 130 valence electrons. The predicted octanol–water partition coefficient (Wildman–Crippen LogP) is 4.11. The van der Waals surface area contributed by atoms with E-state index in [1.807, 2.05) is 41.9 Å². The van der Waals surface area contributed by atoms with E-state index < -0.39 is 0 Å². The summed E-state index contributed by atoms with van der Waals surface area (Å²) in [6.07, 6.45) is 5.34. The molecule has 0 unspecified atom stereocenters. The number of fused-ring (bicyclic) bond motifs is 3. The van der Waals surface area contributed by atoms with E-state index in [4.69, 9.17) is 4.98 Å². The second-order valence-electron chi connectivity index (χ2n) is 6.30. The number of aromatic nitrogens is 5. The Morgan fingerprint density at radius 1 is 0.926 bits per heavy atom. The van der Waals surface area contributed by atoms with Gasteiger partial charge in [-0.3, -0.25) is 9.38 Å². The van der Waals surface area contributed by atoms with Gasteiger partial charge in [0.1, 0.15) is 12.1 Å². The average molecular weight is 352 g/mol. The lowest BCUT2D eigenvalue weighted by atomic mass is 10.1. The normalized spacial score (nSPS) is 11.1. The zero-order valence-corrected chi connectivity index (χ0v) is 14.7. The predicted molar refractivity (Wildman–Crippen MR) is 106 cm³/mol. The Hall–Kier alpha value is -3.80. The fourth-order valence-electron chi connectivity index (χ4n) is 3.31. The highest BCUT2D eigenvalue weighted by molar-refractivity contribution is 5.93. The van der Waals surface area contributed by atoms with Crippen LogP contribution in [0.1, 0.15) is 0 Å². The molecule has 0 atom stereocenters. The molecule has 0 aliphatic rings. The maximum atomic E-state index is 4.75. The molecule has 5 aromatic rings. The second-order valence-corrected chi connectivity index (χ2v) is 6.30. The molecular weight excluding hydrogens is 336 g/mol. The molecule has 0 radical (unpaired) electrons. The first-order chi connectivity index (χ1) is 13.3. The van der Waals surface area contributed by atoms with Crippen molar-refractivity contribution in [3.05, 3.63) is 79.4 Å². The molecule has 3 aromatic heterocycles. The summed E-state index contributed by atoms with van der Waals surface area (Å²) in [6.45, 7) is 0. The minimum absolute atomic E-state index is 0.582. The summed E-state index contributed by atoms with van der Waals surface area (Å²) in [4.78, 5) is 11.0. The number of anilines is 2. The van der Waals surface area contributed by atoms with Crippen LogP contribution >= 0.6 is 0 Å².